The Morgan fingerprint density at radius 2 is 2.00 bits per heavy atom. The Morgan fingerprint density at radius 1 is 1.27 bits per heavy atom. The highest BCUT2D eigenvalue weighted by molar-refractivity contribution is 5.65. The van der Waals surface area contributed by atoms with Gasteiger partial charge in [-0.3, -0.25) is 4.79 Å². The molecule has 0 amide bonds. The molecule has 0 bridgehead atoms. The van der Waals surface area contributed by atoms with E-state index in [0.29, 0.717) is 18.9 Å². The van der Waals surface area contributed by atoms with Gasteiger partial charge < -0.3 is 14.6 Å². The predicted octanol–water partition coefficient (Wildman–Crippen LogP) is 3.91. The zero-order valence-corrected chi connectivity index (χ0v) is 16.5. The first-order valence-electron chi connectivity index (χ1n) is 10.2. The maximum absolute atomic E-state index is 12.2. The average molecular weight is 363 g/mol. The van der Waals surface area contributed by atoms with Crippen LogP contribution in [0, 0.1) is 34.5 Å². The van der Waals surface area contributed by atoms with Crippen LogP contribution in [-0.2, 0) is 14.3 Å². The summed E-state index contributed by atoms with van der Waals surface area (Å²) in [6.45, 7) is 10.6. The van der Waals surface area contributed by atoms with E-state index in [1.165, 1.54) is 18.8 Å². The molecule has 3 aliphatic carbocycles. The number of aliphatic hydroxyl groups is 1. The minimum Gasteiger partial charge on any atom is -0.466 e. The first-order chi connectivity index (χ1) is 12.2. The van der Waals surface area contributed by atoms with Gasteiger partial charge in [0.05, 0.1) is 12.7 Å². The third-order valence-electron chi connectivity index (χ3n) is 8.28. The van der Waals surface area contributed by atoms with E-state index in [4.69, 9.17) is 4.74 Å². The molecule has 0 saturated heterocycles. The molecule has 4 nitrogen and oxygen atoms in total. The number of aldehydes is 1. The van der Waals surface area contributed by atoms with Gasteiger partial charge in [0.2, 0.25) is 0 Å². The number of esters is 1. The van der Waals surface area contributed by atoms with Crippen molar-refractivity contribution in [3.05, 3.63) is 12.2 Å². The number of allylic oxidation sites excluding steroid dienone is 1. The van der Waals surface area contributed by atoms with Crippen LogP contribution in [0.2, 0.25) is 0 Å². The van der Waals surface area contributed by atoms with Crippen molar-refractivity contribution in [2.75, 3.05) is 6.61 Å². The third-order valence-corrected chi connectivity index (χ3v) is 8.28. The van der Waals surface area contributed by atoms with Gasteiger partial charge in [0.25, 0.3) is 0 Å². The van der Waals surface area contributed by atoms with Gasteiger partial charge in [-0.05, 0) is 67.6 Å². The monoisotopic (exact) mass is 362 g/mol. The normalized spacial score (nSPS) is 45.8. The number of fused-ring (bicyclic) bond motifs is 1. The van der Waals surface area contributed by atoms with Crippen LogP contribution in [0.15, 0.2) is 12.2 Å². The maximum atomic E-state index is 12.2. The van der Waals surface area contributed by atoms with Gasteiger partial charge in [-0.2, -0.15) is 0 Å². The molecule has 0 radical (unpaired) electrons. The van der Waals surface area contributed by atoms with Crippen molar-refractivity contribution in [3.63, 3.8) is 0 Å². The topological polar surface area (TPSA) is 63.6 Å². The summed E-state index contributed by atoms with van der Waals surface area (Å²) in [7, 11) is 0. The predicted molar refractivity (Wildman–Crippen MR) is 100 cm³/mol. The largest absolute Gasteiger partial charge is 0.466 e. The lowest BCUT2D eigenvalue weighted by Crippen LogP contribution is -2.51. The first-order valence-corrected chi connectivity index (χ1v) is 10.2. The SMILES string of the molecule is C=C1CC[C@H]2[C@H](C=O)[C@@H]([C@@]3(C)CC[C@H](O)C[C@@H]3COC(C)=O)CC[C@]12C. The van der Waals surface area contributed by atoms with Gasteiger partial charge in [0, 0.05) is 18.8 Å². The van der Waals surface area contributed by atoms with E-state index >= 15 is 0 Å². The van der Waals surface area contributed by atoms with E-state index in [9.17, 15) is 14.7 Å². The summed E-state index contributed by atoms with van der Waals surface area (Å²) in [5, 5.41) is 10.2. The second kappa shape index (κ2) is 7.10. The molecule has 4 heteroatoms. The van der Waals surface area contributed by atoms with Crippen LogP contribution in [0.3, 0.4) is 0 Å². The van der Waals surface area contributed by atoms with Gasteiger partial charge >= 0.3 is 5.97 Å². The van der Waals surface area contributed by atoms with E-state index < -0.39 is 0 Å². The molecule has 0 aromatic rings. The van der Waals surface area contributed by atoms with Gasteiger partial charge in [0.1, 0.15) is 6.29 Å². The lowest BCUT2D eigenvalue weighted by molar-refractivity contribution is -0.151. The molecule has 1 N–H and O–H groups in total. The van der Waals surface area contributed by atoms with Gasteiger partial charge in [-0.15, -0.1) is 0 Å². The van der Waals surface area contributed by atoms with Gasteiger partial charge in [-0.25, -0.2) is 0 Å². The Kier molecular flexibility index (Phi) is 5.35. The van der Waals surface area contributed by atoms with E-state index in [2.05, 4.69) is 20.4 Å². The van der Waals surface area contributed by atoms with Crippen LogP contribution in [0.25, 0.3) is 0 Å². The summed E-state index contributed by atoms with van der Waals surface area (Å²) in [6.07, 6.45) is 7.36. The Morgan fingerprint density at radius 3 is 2.65 bits per heavy atom. The standard InChI is InChI=1S/C22H34O4/c1-14-5-6-19-18(12-23)20(8-10-21(14,19)3)22(4)9-7-17(25)11-16(22)13-26-15(2)24/h12,16-20,25H,1,5-11,13H2,2-4H3/t16-,17+,18+,19+,20+,21-,22+/m1/s1. The minimum atomic E-state index is -0.335. The molecule has 3 fully saturated rings. The number of hydrogen-bond acceptors (Lipinski definition) is 4. The number of ether oxygens (including phenoxy) is 1. The number of carbonyl (C=O) groups excluding carboxylic acids is 2. The summed E-state index contributed by atoms with van der Waals surface area (Å²) in [5.74, 6) is 0.536. The first kappa shape index (κ1) is 19.6. The second-order valence-corrected chi connectivity index (χ2v) is 9.46. The highest BCUT2D eigenvalue weighted by atomic mass is 16.5. The Bertz CT molecular complexity index is 585. The fraction of sp³-hybridized carbons (Fsp3) is 0.818. The zero-order valence-electron chi connectivity index (χ0n) is 16.5. The van der Waals surface area contributed by atoms with E-state index in [1.54, 1.807) is 0 Å². The molecular formula is C22H34O4. The Labute approximate surface area is 157 Å². The van der Waals surface area contributed by atoms with E-state index in [1.807, 2.05) is 0 Å². The fourth-order valence-corrected chi connectivity index (χ4v) is 6.42. The van der Waals surface area contributed by atoms with Crippen LogP contribution in [0.1, 0.15) is 65.7 Å². The smallest absolute Gasteiger partial charge is 0.302 e. The molecule has 3 saturated carbocycles. The van der Waals surface area contributed by atoms with Gasteiger partial charge in [-0.1, -0.05) is 26.0 Å². The molecule has 0 aliphatic heterocycles. The zero-order chi connectivity index (χ0) is 19.1. The third kappa shape index (κ3) is 3.15. The fourth-order valence-electron chi connectivity index (χ4n) is 6.42. The number of rotatable bonds is 4. The van der Waals surface area contributed by atoms with Crippen molar-refractivity contribution >= 4 is 12.3 Å². The van der Waals surface area contributed by atoms with E-state index in [0.717, 1.165) is 38.5 Å². The van der Waals surface area contributed by atoms with Crippen molar-refractivity contribution in [2.45, 2.75) is 71.8 Å². The molecule has 3 aliphatic rings. The van der Waals surface area contributed by atoms with Crippen LogP contribution < -0.4 is 0 Å². The van der Waals surface area contributed by atoms with Gasteiger partial charge in [0.15, 0.2) is 0 Å². The number of aliphatic hydroxyl groups excluding tert-OH is 1. The molecule has 0 spiro atoms. The van der Waals surface area contributed by atoms with Crippen molar-refractivity contribution in [1.29, 1.82) is 0 Å². The van der Waals surface area contributed by atoms with Crippen molar-refractivity contribution in [2.24, 2.45) is 34.5 Å². The van der Waals surface area contributed by atoms with Crippen molar-refractivity contribution < 1.29 is 19.4 Å². The summed E-state index contributed by atoms with van der Waals surface area (Å²) < 4.78 is 5.36. The molecule has 7 atom stereocenters. The summed E-state index contributed by atoms with van der Waals surface area (Å²) in [4.78, 5) is 23.6. The maximum Gasteiger partial charge on any atom is 0.302 e. The summed E-state index contributed by atoms with van der Waals surface area (Å²) in [5.41, 5.74) is 1.33. The van der Waals surface area contributed by atoms with Crippen molar-refractivity contribution in [3.8, 4) is 0 Å². The quantitative estimate of drug-likeness (QED) is 0.468. The molecule has 26 heavy (non-hydrogen) atoms. The average Bonchev–Trinajstić information content (AvgIpc) is 2.90. The van der Waals surface area contributed by atoms with Crippen LogP contribution in [0.4, 0.5) is 0 Å². The Balaban J connectivity index is 1.87. The minimum absolute atomic E-state index is 0.0353. The molecule has 0 aromatic carbocycles. The molecular weight excluding hydrogens is 328 g/mol. The van der Waals surface area contributed by atoms with Crippen LogP contribution >= 0.6 is 0 Å². The highest BCUT2D eigenvalue weighted by Gasteiger charge is 2.56. The molecule has 146 valence electrons. The highest BCUT2D eigenvalue weighted by Crippen LogP contribution is 2.63. The summed E-state index contributed by atoms with van der Waals surface area (Å²) >= 11 is 0. The van der Waals surface area contributed by atoms with Crippen LogP contribution in [-0.4, -0.2) is 30.1 Å². The molecule has 0 unspecified atom stereocenters. The van der Waals surface area contributed by atoms with Crippen LogP contribution in [0.5, 0.6) is 0 Å². The lowest BCUT2D eigenvalue weighted by Gasteiger charge is -2.55. The summed E-state index contributed by atoms with van der Waals surface area (Å²) in [6, 6.07) is 0. The number of carbonyl (C=O) groups is 2. The molecule has 0 aromatic heterocycles. The lowest BCUT2D eigenvalue weighted by atomic mass is 9.49. The Hall–Kier alpha value is -1.16. The number of hydrogen-bond donors (Lipinski definition) is 1. The second-order valence-electron chi connectivity index (χ2n) is 9.46. The molecule has 0 heterocycles. The van der Waals surface area contributed by atoms with E-state index in [-0.39, 0.29) is 40.7 Å². The molecule has 3 rings (SSSR count). The van der Waals surface area contributed by atoms with Crippen molar-refractivity contribution in [1.82, 2.24) is 0 Å².